The highest BCUT2D eigenvalue weighted by atomic mass is 79.9. The number of nitrogens with zero attached hydrogens (tertiary/aromatic N) is 3. The molecule has 0 spiro atoms. The van der Waals surface area contributed by atoms with Gasteiger partial charge in [-0.3, -0.25) is 0 Å². The number of halogens is 1. The van der Waals surface area contributed by atoms with Gasteiger partial charge in [0.05, 0.1) is 23.5 Å². The molecule has 0 amide bonds. The van der Waals surface area contributed by atoms with Crippen LogP contribution in [0.4, 0.5) is 5.69 Å². The van der Waals surface area contributed by atoms with Gasteiger partial charge in [-0.2, -0.15) is 5.26 Å². The minimum atomic E-state index is 0.568. The molecule has 0 saturated carbocycles. The smallest absolute Gasteiger partial charge is 0.115 e. The topological polar surface area (TPSA) is 61.6 Å². The van der Waals surface area contributed by atoms with Gasteiger partial charge in [-0.25, -0.2) is 9.97 Å². The van der Waals surface area contributed by atoms with Crippen LogP contribution in [0.1, 0.15) is 11.3 Å². The molecule has 1 aromatic carbocycles. The van der Waals surface area contributed by atoms with Crippen LogP contribution in [-0.4, -0.2) is 9.97 Å². The molecule has 0 fully saturated rings. The first-order chi connectivity index (χ1) is 8.29. The van der Waals surface area contributed by atoms with Crippen LogP contribution >= 0.6 is 15.9 Å². The summed E-state index contributed by atoms with van der Waals surface area (Å²) in [6.07, 6.45) is 3.20. The van der Waals surface area contributed by atoms with E-state index in [-0.39, 0.29) is 0 Å². The van der Waals surface area contributed by atoms with Crippen LogP contribution in [0, 0.1) is 11.3 Å². The van der Waals surface area contributed by atoms with Crippen molar-refractivity contribution in [2.75, 3.05) is 5.32 Å². The largest absolute Gasteiger partial charge is 0.378 e. The van der Waals surface area contributed by atoms with E-state index < -0.39 is 0 Å². The summed E-state index contributed by atoms with van der Waals surface area (Å²) in [6.45, 7) is 0.568. The van der Waals surface area contributed by atoms with E-state index in [1.165, 1.54) is 6.33 Å². The number of rotatable bonds is 3. The highest BCUT2D eigenvalue weighted by Gasteiger charge is 2.02. The van der Waals surface area contributed by atoms with Crippen molar-refractivity contribution in [3.05, 3.63) is 52.5 Å². The first kappa shape index (κ1) is 11.6. The molecule has 2 aromatic rings. The summed E-state index contributed by atoms with van der Waals surface area (Å²) in [6, 6.07) is 9.52. The van der Waals surface area contributed by atoms with E-state index in [9.17, 15) is 0 Å². The molecule has 0 aliphatic rings. The van der Waals surface area contributed by atoms with E-state index in [0.29, 0.717) is 12.1 Å². The fourth-order valence-corrected chi connectivity index (χ4v) is 1.73. The van der Waals surface area contributed by atoms with Crippen molar-refractivity contribution in [2.45, 2.75) is 6.54 Å². The van der Waals surface area contributed by atoms with Crippen LogP contribution in [0.2, 0.25) is 0 Å². The van der Waals surface area contributed by atoms with Gasteiger partial charge in [0, 0.05) is 10.7 Å². The van der Waals surface area contributed by atoms with Gasteiger partial charge >= 0.3 is 0 Å². The van der Waals surface area contributed by atoms with Crippen LogP contribution in [0.5, 0.6) is 0 Å². The fraction of sp³-hybridized carbons (Fsp3) is 0.0833. The van der Waals surface area contributed by atoms with Gasteiger partial charge in [-0.05, 0) is 24.3 Å². The van der Waals surface area contributed by atoms with Gasteiger partial charge in [0.1, 0.15) is 12.4 Å². The molecule has 0 aliphatic heterocycles. The average molecular weight is 289 g/mol. The maximum Gasteiger partial charge on any atom is 0.115 e. The number of nitrogens with one attached hydrogen (secondary N) is 1. The van der Waals surface area contributed by atoms with E-state index >= 15 is 0 Å². The second-order valence-electron chi connectivity index (χ2n) is 3.36. The Morgan fingerprint density at radius 3 is 2.94 bits per heavy atom. The number of hydrogen-bond acceptors (Lipinski definition) is 4. The third-order valence-corrected chi connectivity index (χ3v) is 2.70. The van der Waals surface area contributed by atoms with Gasteiger partial charge in [0.15, 0.2) is 0 Å². The third-order valence-electron chi connectivity index (χ3n) is 2.21. The molecule has 1 aromatic heterocycles. The predicted molar refractivity (Wildman–Crippen MR) is 68.2 cm³/mol. The summed E-state index contributed by atoms with van der Waals surface area (Å²) in [7, 11) is 0. The normalized spacial score (nSPS) is 9.65. The van der Waals surface area contributed by atoms with Crippen molar-refractivity contribution in [3.63, 3.8) is 0 Å². The van der Waals surface area contributed by atoms with E-state index in [4.69, 9.17) is 5.26 Å². The summed E-state index contributed by atoms with van der Waals surface area (Å²) < 4.78 is 0.890. The van der Waals surface area contributed by atoms with Crippen LogP contribution in [0.15, 0.2) is 41.3 Å². The quantitative estimate of drug-likeness (QED) is 0.943. The Hall–Kier alpha value is -1.93. The maximum atomic E-state index is 9.00. The number of nitriles is 1. The van der Waals surface area contributed by atoms with Gasteiger partial charge < -0.3 is 5.32 Å². The number of benzene rings is 1. The molecule has 1 N–H and O–H groups in total. The molecular formula is C12H9BrN4. The number of aromatic nitrogens is 2. The second kappa shape index (κ2) is 5.41. The molecule has 4 nitrogen and oxygen atoms in total. The number of anilines is 1. The molecule has 0 saturated heterocycles. The zero-order valence-electron chi connectivity index (χ0n) is 8.89. The summed E-state index contributed by atoms with van der Waals surface area (Å²) in [5.74, 6) is 0. The average Bonchev–Trinajstić information content (AvgIpc) is 2.38. The van der Waals surface area contributed by atoms with Gasteiger partial charge in [0.25, 0.3) is 0 Å². The molecule has 0 atom stereocenters. The minimum Gasteiger partial charge on any atom is -0.378 e. The number of hydrogen-bond donors (Lipinski definition) is 1. The monoisotopic (exact) mass is 288 g/mol. The van der Waals surface area contributed by atoms with Crippen LogP contribution < -0.4 is 5.32 Å². The molecule has 1 heterocycles. The summed E-state index contributed by atoms with van der Waals surface area (Å²) in [5.41, 5.74) is 2.29. The lowest BCUT2D eigenvalue weighted by atomic mass is 10.2. The maximum absolute atomic E-state index is 9.00. The summed E-state index contributed by atoms with van der Waals surface area (Å²) >= 11 is 3.33. The Labute approximate surface area is 107 Å². The first-order valence-corrected chi connectivity index (χ1v) is 5.77. The molecular weight excluding hydrogens is 280 g/mol. The Balaban J connectivity index is 2.12. The Kier molecular flexibility index (Phi) is 3.68. The van der Waals surface area contributed by atoms with Crippen LogP contribution in [0.25, 0.3) is 0 Å². The first-order valence-electron chi connectivity index (χ1n) is 4.98. The minimum absolute atomic E-state index is 0.568. The summed E-state index contributed by atoms with van der Waals surface area (Å²) in [4.78, 5) is 7.95. The summed E-state index contributed by atoms with van der Waals surface area (Å²) in [5, 5.41) is 12.2. The van der Waals surface area contributed by atoms with Crippen molar-refractivity contribution in [3.8, 4) is 6.07 Å². The van der Waals surface area contributed by atoms with E-state index in [1.807, 2.05) is 18.2 Å². The lowest BCUT2D eigenvalue weighted by Crippen LogP contribution is -2.03. The van der Waals surface area contributed by atoms with Gasteiger partial charge in [-0.15, -0.1) is 0 Å². The standard InChI is InChI=1S/C12H9BrN4/c13-10-1-2-12(9(5-10)6-14)16-7-11-3-4-15-8-17-11/h1-5,8,16H,7H2. The molecule has 2 rings (SSSR count). The van der Waals surface area contributed by atoms with Crippen molar-refractivity contribution in [2.24, 2.45) is 0 Å². The molecule has 0 unspecified atom stereocenters. The Bertz CT molecular complexity index is 548. The zero-order valence-corrected chi connectivity index (χ0v) is 10.5. The lowest BCUT2D eigenvalue weighted by Gasteiger charge is -2.07. The van der Waals surface area contributed by atoms with Crippen LogP contribution in [-0.2, 0) is 6.54 Å². The molecule has 0 radical (unpaired) electrons. The molecule has 5 heteroatoms. The van der Waals surface area contributed by atoms with Gasteiger partial charge in [0.2, 0.25) is 0 Å². The molecule has 84 valence electrons. The van der Waals surface area contributed by atoms with E-state index in [2.05, 4.69) is 37.3 Å². The molecule has 0 aliphatic carbocycles. The fourth-order valence-electron chi connectivity index (χ4n) is 1.37. The Morgan fingerprint density at radius 2 is 2.24 bits per heavy atom. The van der Waals surface area contributed by atoms with Crippen LogP contribution in [0.3, 0.4) is 0 Å². The van der Waals surface area contributed by atoms with Crippen molar-refractivity contribution in [1.82, 2.24) is 9.97 Å². The van der Waals surface area contributed by atoms with Crippen molar-refractivity contribution in [1.29, 1.82) is 5.26 Å². The van der Waals surface area contributed by atoms with Crippen molar-refractivity contribution >= 4 is 21.6 Å². The van der Waals surface area contributed by atoms with E-state index in [0.717, 1.165) is 15.9 Å². The zero-order chi connectivity index (χ0) is 12.1. The Morgan fingerprint density at radius 1 is 1.35 bits per heavy atom. The van der Waals surface area contributed by atoms with Crippen molar-refractivity contribution < 1.29 is 0 Å². The van der Waals surface area contributed by atoms with E-state index in [1.54, 1.807) is 12.3 Å². The second-order valence-corrected chi connectivity index (χ2v) is 4.27. The third kappa shape index (κ3) is 3.02. The predicted octanol–water partition coefficient (Wildman–Crippen LogP) is 2.72. The highest BCUT2D eigenvalue weighted by Crippen LogP contribution is 2.20. The molecule has 17 heavy (non-hydrogen) atoms. The highest BCUT2D eigenvalue weighted by molar-refractivity contribution is 9.10. The van der Waals surface area contributed by atoms with Gasteiger partial charge in [-0.1, -0.05) is 15.9 Å². The molecule has 0 bridgehead atoms. The SMILES string of the molecule is N#Cc1cc(Br)ccc1NCc1ccncn1. The lowest BCUT2D eigenvalue weighted by molar-refractivity contribution is 1.01.